The fourth-order valence-electron chi connectivity index (χ4n) is 6.02. The van der Waals surface area contributed by atoms with E-state index in [1.165, 1.54) is 6.42 Å². The van der Waals surface area contributed by atoms with Crippen LogP contribution >= 0.6 is 0 Å². The van der Waals surface area contributed by atoms with Gasteiger partial charge in [-0.2, -0.15) is 0 Å². The maximum atomic E-state index is 13.0. The maximum Gasteiger partial charge on any atom is 0.238 e. The molecule has 4 heterocycles. The molecule has 4 saturated heterocycles. The zero-order valence-corrected chi connectivity index (χ0v) is 23.8. The average molecular weight is 527 g/mol. The molecule has 210 valence electrons. The normalized spacial score (nSPS) is 24.4. The Hall–Kier alpha value is -2.90. The fraction of sp³-hybridized carbons (Fsp3) is 0.667. The van der Waals surface area contributed by atoms with E-state index in [2.05, 4.69) is 0 Å². The van der Waals surface area contributed by atoms with Gasteiger partial charge in [-0.3, -0.25) is 29.0 Å². The third-order valence-electron chi connectivity index (χ3n) is 7.73. The summed E-state index contributed by atoms with van der Waals surface area (Å²) in [5.74, 6) is -0.466. The maximum absolute atomic E-state index is 13.0. The molecular formula is C30H46N4O4. The number of benzene rings is 1. The molecule has 5 rings (SSSR count). The number of hydrogen-bond donors (Lipinski definition) is 0. The SMILES string of the molecule is CC.CC.O=C1CC(=O)N(c2ccc(N3C(=O)CC(=O)N4CCCCCC43)cc2)C2CCCCCCCN12. The summed E-state index contributed by atoms with van der Waals surface area (Å²) >= 11 is 0. The first-order valence-corrected chi connectivity index (χ1v) is 14.9. The molecule has 2 unspecified atom stereocenters. The van der Waals surface area contributed by atoms with Gasteiger partial charge in [-0.1, -0.05) is 53.4 Å². The number of fused-ring (bicyclic) bond motifs is 2. The van der Waals surface area contributed by atoms with Crippen molar-refractivity contribution in [1.82, 2.24) is 9.80 Å². The predicted octanol–water partition coefficient (Wildman–Crippen LogP) is 5.45. The number of nitrogens with zero attached hydrogens (tertiary/aromatic N) is 4. The molecule has 4 aliphatic rings. The molecule has 0 spiro atoms. The van der Waals surface area contributed by atoms with E-state index in [-0.39, 0.29) is 48.8 Å². The summed E-state index contributed by atoms with van der Waals surface area (Å²) in [6.45, 7) is 9.39. The van der Waals surface area contributed by atoms with Crippen LogP contribution in [-0.4, -0.2) is 58.8 Å². The lowest BCUT2D eigenvalue weighted by atomic mass is 10.1. The molecule has 0 aromatic heterocycles. The minimum absolute atomic E-state index is 0.0678. The Morgan fingerprint density at radius 3 is 1.26 bits per heavy atom. The third kappa shape index (κ3) is 6.38. The van der Waals surface area contributed by atoms with Gasteiger partial charge >= 0.3 is 0 Å². The minimum atomic E-state index is -0.246. The van der Waals surface area contributed by atoms with E-state index in [0.717, 1.165) is 69.2 Å². The smallest absolute Gasteiger partial charge is 0.238 e. The summed E-state index contributed by atoms with van der Waals surface area (Å²) in [7, 11) is 0. The first-order valence-electron chi connectivity index (χ1n) is 14.9. The number of anilines is 2. The van der Waals surface area contributed by atoms with Gasteiger partial charge in [-0.05, 0) is 62.8 Å². The van der Waals surface area contributed by atoms with Crippen molar-refractivity contribution in [3.63, 3.8) is 0 Å². The highest BCUT2D eigenvalue weighted by Crippen LogP contribution is 2.34. The van der Waals surface area contributed by atoms with Crippen LogP contribution < -0.4 is 9.80 Å². The van der Waals surface area contributed by atoms with Crippen LogP contribution in [0.4, 0.5) is 11.4 Å². The second-order valence-corrected chi connectivity index (χ2v) is 9.94. The quantitative estimate of drug-likeness (QED) is 0.480. The van der Waals surface area contributed by atoms with E-state index >= 15 is 0 Å². The average Bonchev–Trinajstić information content (AvgIpc) is 3.10. The molecule has 0 saturated carbocycles. The van der Waals surface area contributed by atoms with Crippen LogP contribution in [0.2, 0.25) is 0 Å². The highest BCUT2D eigenvalue weighted by molar-refractivity contribution is 6.09. The number of carbonyl (C=O) groups excluding carboxylic acids is 4. The molecule has 8 heteroatoms. The monoisotopic (exact) mass is 526 g/mol. The van der Waals surface area contributed by atoms with Gasteiger partial charge in [0.2, 0.25) is 23.6 Å². The van der Waals surface area contributed by atoms with Gasteiger partial charge < -0.3 is 9.80 Å². The van der Waals surface area contributed by atoms with E-state index < -0.39 is 0 Å². The molecule has 0 radical (unpaired) electrons. The molecule has 4 aliphatic heterocycles. The number of hydrogen-bond acceptors (Lipinski definition) is 4. The lowest BCUT2D eigenvalue weighted by Crippen LogP contribution is -2.59. The lowest BCUT2D eigenvalue weighted by Gasteiger charge is -2.44. The van der Waals surface area contributed by atoms with Gasteiger partial charge in [0.05, 0.1) is 0 Å². The standard InChI is InChI=1S/C26H34N4O4.2C2H6/c31-23-17-25(33)29(21-9-5-2-1-3-7-15-27(21)23)19-11-13-20(14-12-19)30-22-10-6-4-8-16-28(22)24(32)18-26(30)34;2*1-2/h11-14,21-22H,1-10,15-18H2;2*1-2H3. The Balaban J connectivity index is 0.000000956. The van der Waals surface area contributed by atoms with Crippen LogP contribution in [0.3, 0.4) is 0 Å². The van der Waals surface area contributed by atoms with Crippen molar-refractivity contribution in [3.8, 4) is 0 Å². The predicted molar refractivity (Wildman–Crippen MR) is 151 cm³/mol. The van der Waals surface area contributed by atoms with Crippen LogP contribution in [0.1, 0.15) is 105 Å². The summed E-state index contributed by atoms with van der Waals surface area (Å²) in [5.41, 5.74) is 1.51. The summed E-state index contributed by atoms with van der Waals surface area (Å²) in [6, 6.07) is 7.54. The summed E-state index contributed by atoms with van der Waals surface area (Å²) in [6.07, 6.45) is 9.27. The van der Waals surface area contributed by atoms with E-state index in [4.69, 9.17) is 0 Å². The first kappa shape index (κ1) is 29.7. The molecule has 2 atom stereocenters. The summed E-state index contributed by atoms with van der Waals surface area (Å²) in [4.78, 5) is 58.4. The van der Waals surface area contributed by atoms with Crippen molar-refractivity contribution in [2.45, 2.75) is 117 Å². The van der Waals surface area contributed by atoms with Crippen LogP contribution in [0.5, 0.6) is 0 Å². The van der Waals surface area contributed by atoms with Gasteiger partial charge in [-0.15, -0.1) is 0 Å². The van der Waals surface area contributed by atoms with Crippen molar-refractivity contribution in [2.24, 2.45) is 0 Å². The molecule has 0 bridgehead atoms. The van der Waals surface area contributed by atoms with E-state index in [1.807, 2.05) is 61.8 Å². The number of rotatable bonds is 2. The van der Waals surface area contributed by atoms with E-state index in [1.54, 1.807) is 9.80 Å². The zero-order chi connectivity index (χ0) is 27.7. The molecular weight excluding hydrogens is 480 g/mol. The van der Waals surface area contributed by atoms with Gasteiger partial charge in [0.25, 0.3) is 0 Å². The molecule has 4 amide bonds. The fourth-order valence-corrected chi connectivity index (χ4v) is 6.02. The zero-order valence-electron chi connectivity index (χ0n) is 23.8. The largest absolute Gasteiger partial charge is 0.321 e. The molecule has 0 N–H and O–H groups in total. The van der Waals surface area contributed by atoms with Gasteiger partial charge in [0, 0.05) is 24.5 Å². The minimum Gasteiger partial charge on any atom is -0.321 e. The van der Waals surface area contributed by atoms with E-state index in [0.29, 0.717) is 13.1 Å². The van der Waals surface area contributed by atoms with Gasteiger partial charge in [0.1, 0.15) is 25.2 Å². The Labute approximate surface area is 228 Å². The Morgan fingerprint density at radius 1 is 0.500 bits per heavy atom. The lowest BCUT2D eigenvalue weighted by molar-refractivity contribution is -0.144. The van der Waals surface area contributed by atoms with E-state index in [9.17, 15) is 19.2 Å². The Bertz CT molecular complexity index is 964. The molecule has 8 nitrogen and oxygen atoms in total. The topological polar surface area (TPSA) is 81.2 Å². The van der Waals surface area contributed by atoms with Crippen molar-refractivity contribution < 1.29 is 19.2 Å². The van der Waals surface area contributed by atoms with Crippen LogP contribution in [0.25, 0.3) is 0 Å². The van der Waals surface area contributed by atoms with Crippen molar-refractivity contribution >= 4 is 35.0 Å². The van der Waals surface area contributed by atoms with Crippen LogP contribution in [0.15, 0.2) is 24.3 Å². The van der Waals surface area contributed by atoms with Gasteiger partial charge in [-0.25, -0.2) is 0 Å². The summed E-state index contributed by atoms with van der Waals surface area (Å²) < 4.78 is 0. The number of carbonyl (C=O) groups is 4. The second-order valence-electron chi connectivity index (χ2n) is 9.94. The van der Waals surface area contributed by atoms with Crippen molar-refractivity contribution in [3.05, 3.63) is 24.3 Å². The Morgan fingerprint density at radius 2 is 0.842 bits per heavy atom. The first-order chi connectivity index (χ1) is 18.5. The second kappa shape index (κ2) is 14.3. The molecule has 38 heavy (non-hydrogen) atoms. The Kier molecular flexibility index (Phi) is 11.2. The highest BCUT2D eigenvalue weighted by atomic mass is 16.2. The third-order valence-corrected chi connectivity index (χ3v) is 7.73. The van der Waals surface area contributed by atoms with Crippen molar-refractivity contribution in [1.29, 1.82) is 0 Å². The highest BCUT2D eigenvalue weighted by Gasteiger charge is 2.41. The van der Waals surface area contributed by atoms with Gasteiger partial charge in [0.15, 0.2) is 0 Å². The molecule has 4 fully saturated rings. The number of amides is 4. The van der Waals surface area contributed by atoms with Crippen molar-refractivity contribution in [2.75, 3.05) is 22.9 Å². The molecule has 1 aromatic carbocycles. The van der Waals surface area contributed by atoms with Crippen LogP contribution in [0, 0.1) is 0 Å². The summed E-state index contributed by atoms with van der Waals surface area (Å²) in [5, 5.41) is 0. The molecule has 1 aromatic rings. The molecule has 0 aliphatic carbocycles. The van der Waals surface area contributed by atoms with Crippen LogP contribution in [-0.2, 0) is 19.2 Å².